The molecule has 2 rings (SSSR count). The Kier molecular flexibility index (Phi) is 19.6. The number of aliphatic hydroxyl groups excluding tert-OH is 3. The Balaban J connectivity index is 0. The van der Waals surface area contributed by atoms with E-state index in [1.807, 2.05) is 0 Å². The summed E-state index contributed by atoms with van der Waals surface area (Å²) in [6, 6.07) is 8.96. The van der Waals surface area contributed by atoms with Crippen LogP contribution in [0.2, 0.25) is 0 Å². The predicted octanol–water partition coefficient (Wildman–Crippen LogP) is 2.54. The molecule has 0 spiro atoms. The third-order valence-corrected chi connectivity index (χ3v) is 4.18. The summed E-state index contributed by atoms with van der Waals surface area (Å²) in [5, 5.41) is 22.7. The molecule has 0 radical (unpaired) electrons. The van der Waals surface area contributed by atoms with Crippen molar-refractivity contribution >= 4 is 3.87 Å². The van der Waals surface area contributed by atoms with Crippen LogP contribution in [-0.4, -0.2) is 35.1 Å². The van der Waals surface area contributed by atoms with E-state index in [1.165, 1.54) is 12.0 Å². The molecule has 124 valence electrons. The van der Waals surface area contributed by atoms with Crippen LogP contribution < -0.4 is 3.87 Å². The summed E-state index contributed by atoms with van der Waals surface area (Å²) in [5.74, 6) is 0. The van der Waals surface area contributed by atoms with Crippen LogP contribution in [0.25, 0.3) is 0 Å². The number of hydrogen-bond acceptors (Lipinski definition) is 3. The molecule has 3 nitrogen and oxygen atoms in total. The van der Waals surface area contributed by atoms with Gasteiger partial charge in [-0.15, -0.1) is 0 Å². The van der Waals surface area contributed by atoms with E-state index in [4.69, 9.17) is 15.3 Å². The van der Waals surface area contributed by atoms with Crippen molar-refractivity contribution in [2.45, 2.75) is 34.1 Å². The third kappa shape index (κ3) is 15.7. The van der Waals surface area contributed by atoms with E-state index in [1.54, 1.807) is 28.5 Å². The Morgan fingerprint density at radius 2 is 1.36 bits per heavy atom. The van der Waals surface area contributed by atoms with E-state index in [2.05, 4.69) is 49.4 Å². The minimum absolute atomic E-state index is 0.0267. The summed E-state index contributed by atoms with van der Waals surface area (Å²) >= 11 is -0.0267. The molecule has 0 unspecified atom stereocenters. The van der Waals surface area contributed by atoms with Crippen LogP contribution in [0.5, 0.6) is 0 Å². The molecule has 0 saturated carbocycles. The standard InChI is InChI=1S/C7H7.C5H5.3C2H6O.Ti/c1-7-5-3-2-4-6-7;1-2-4-5-3-1;3*1-2-3;/h3-6H,1H3;1-3H,4H2;3*3H,2H2,1H3;. The van der Waals surface area contributed by atoms with Gasteiger partial charge in [0.05, 0.1) is 0 Å². The predicted molar refractivity (Wildman–Crippen MR) is 90.9 cm³/mol. The Morgan fingerprint density at radius 3 is 1.73 bits per heavy atom. The van der Waals surface area contributed by atoms with Gasteiger partial charge in [-0.05, 0) is 20.8 Å². The van der Waals surface area contributed by atoms with E-state index in [0.717, 1.165) is 0 Å². The summed E-state index contributed by atoms with van der Waals surface area (Å²) < 4.78 is 3.18. The third-order valence-electron chi connectivity index (χ3n) is 2.13. The molecule has 4 heteroatoms. The van der Waals surface area contributed by atoms with E-state index < -0.39 is 0 Å². The van der Waals surface area contributed by atoms with Crippen molar-refractivity contribution in [2.75, 3.05) is 19.8 Å². The summed E-state index contributed by atoms with van der Waals surface area (Å²) in [6.45, 7) is 7.93. The fraction of sp³-hybridized carbons (Fsp3) is 0.444. The average molecular weight is 342 g/mol. The van der Waals surface area contributed by atoms with Crippen LogP contribution in [-0.2, 0) is 19.2 Å². The van der Waals surface area contributed by atoms with Gasteiger partial charge in [-0.25, -0.2) is 0 Å². The van der Waals surface area contributed by atoms with Gasteiger partial charge in [-0.2, -0.15) is 0 Å². The van der Waals surface area contributed by atoms with Gasteiger partial charge in [0.25, 0.3) is 0 Å². The molecular formula is C18H30O3Ti. The number of allylic oxidation sites excluding steroid dienone is 4. The van der Waals surface area contributed by atoms with Crippen LogP contribution in [0.3, 0.4) is 0 Å². The summed E-state index contributed by atoms with van der Waals surface area (Å²) in [6.07, 6.45) is 7.88. The molecule has 1 aliphatic rings. The van der Waals surface area contributed by atoms with Crippen molar-refractivity contribution < 1.29 is 34.5 Å². The minimum atomic E-state index is -0.0267. The molecule has 1 aromatic carbocycles. The van der Waals surface area contributed by atoms with Crippen molar-refractivity contribution in [3.8, 4) is 0 Å². The average Bonchev–Trinajstić information content (AvgIpc) is 2.97. The molecule has 3 N–H and O–H groups in total. The summed E-state index contributed by atoms with van der Waals surface area (Å²) in [7, 11) is 0. The van der Waals surface area contributed by atoms with Crippen LogP contribution in [0.4, 0.5) is 0 Å². The Labute approximate surface area is 144 Å². The Hall–Kier alpha value is -0.706. The number of aliphatic hydroxyl groups is 3. The molecule has 1 aliphatic carbocycles. The van der Waals surface area contributed by atoms with Gasteiger partial charge in [-0.1, -0.05) is 0 Å². The van der Waals surface area contributed by atoms with Crippen molar-refractivity contribution in [3.63, 3.8) is 0 Å². The quantitative estimate of drug-likeness (QED) is 0.724. The second-order valence-corrected chi connectivity index (χ2v) is 6.56. The Bertz CT molecular complexity index is 393. The molecule has 0 aliphatic heterocycles. The molecule has 22 heavy (non-hydrogen) atoms. The van der Waals surface area contributed by atoms with Gasteiger partial charge in [0, 0.05) is 19.8 Å². The molecule has 0 heterocycles. The second kappa shape index (κ2) is 18.3. The first-order chi connectivity index (χ1) is 10.6. The number of benzene rings is 1. The fourth-order valence-corrected chi connectivity index (χ4v) is 3.09. The molecule has 0 saturated heterocycles. The monoisotopic (exact) mass is 342 g/mol. The molecule has 0 atom stereocenters. The molecule has 1 aromatic rings. The second-order valence-electron chi connectivity index (χ2n) is 4.26. The van der Waals surface area contributed by atoms with E-state index in [0.29, 0.717) is 0 Å². The summed E-state index contributed by atoms with van der Waals surface area (Å²) in [5.41, 5.74) is 1.36. The first-order valence-corrected chi connectivity index (χ1v) is 9.17. The van der Waals surface area contributed by atoms with Gasteiger partial charge >= 0.3 is 88.3 Å². The number of hydrogen-bond donors (Lipinski definition) is 3. The normalized spacial score (nSPS) is 11.0. The van der Waals surface area contributed by atoms with Crippen LogP contribution in [0, 0.1) is 6.92 Å². The molecule has 0 aromatic heterocycles. The molecule has 0 amide bonds. The van der Waals surface area contributed by atoms with Crippen LogP contribution in [0.15, 0.2) is 46.4 Å². The maximum absolute atomic E-state index is 7.57. The van der Waals surface area contributed by atoms with E-state index >= 15 is 0 Å². The van der Waals surface area contributed by atoms with Gasteiger partial charge in [0.2, 0.25) is 0 Å². The van der Waals surface area contributed by atoms with E-state index in [9.17, 15) is 0 Å². The van der Waals surface area contributed by atoms with Gasteiger partial charge in [0.15, 0.2) is 0 Å². The molecule has 0 bridgehead atoms. The fourth-order valence-electron chi connectivity index (χ4n) is 1.36. The van der Waals surface area contributed by atoms with Crippen molar-refractivity contribution in [3.05, 3.63) is 51.9 Å². The number of aryl methyl sites for hydroxylation is 1. The first kappa shape index (κ1) is 23.6. The van der Waals surface area contributed by atoms with Crippen molar-refractivity contribution in [1.82, 2.24) is 0 Å². The topological polar surface area (TPSA) is 60.7 Å². The van der Waals surface area contributed by atoms with Crippen molar-refractivity contribution in [2.24, 2.45) is 0 Å². The number of rotatable bonds is 2. The zero-order valence-corrected chi connectivity index (χ0v) is 15.8. The van der Waals surface area contributed by atoms with Crippen LogP contribution >= 0.6 is 0 Å². The van der Waals surface area contributed by atoms with Gasteiger partial charge in [0.1, 0.15) is 0 Å². The SMILES string of the molecule is CCO.CCO.CCO.Cc1cc[c]([Ti][C]2=CC=CC2)cc1. The zero-order valence-electron chi connectivity index (χ0n) is 14.2. The Morgan fingerprint density at radius 1 is 0.909 bits per heavy atom. The van der Waals surface area contributed by atoms with Crippen molar-refractivity contribution in [1.29, 1.82) is 0 Å². The van der Waals surface area contributed by atoms with Gasteiger partial charge in [-0.3, -0.25) is 0 Å². The van der Waals surface area contributed by atoms with E-state index in [-0.39, 0.29) is 39.0 Å². The van der Waals surface area contributed by atoms with Crippen LogP contribution in [0.1, 0.15) is 32.8 Å². The zero-order chi connectivity index (χ0) is 17.2. The molecule has 0 fully saturated rings. The summed E-state index contributed by atoms with van der Waals surface area (Å²) in [4.78, 5) is 0. The van der Waals surface area contributed by atoms with Gasteiger partial charge < -0.3 is 15.3 Å². The molecular weight excluding hydrogens is 312 g/mol. The maximum atomic E-state index is 7.57. The first-order valence-electron chi connectivity index (χ1n) is 7.61.